The van der Waals surface area contributed by atoms with E-state index in [2.05, 4.69) is 20.7 Å². The molecule has 0 radical (unpaired) electrons. The normalized spacial score (nSPS) is 11.6. The third-order valence-electron chi connectivity index (χ3n) is 2.48. The Morgan fingerprint density at radius 1 is 1.47 bits per heavy atom. The SMILES string of the molecule is CC(C)CCS(=O)(=O)Nc1cc(Br)ccc1C(N)=S. The van der Waals surface area contributed by atoms with Crippen LogP contribution in [0, 0.1) is 5.92 Å². The van der Waals surface area contributed by atoms with Gasteiger partial charge in [-0.3, -0.25) is 4.72 Å². The first kappa shape index (κ1) is 16.4. The maximum Gasteiger partial charge on any atom is 0.232 e. The number of halogens is 1. The molecule has 7 heteroatoms. The van der Waals surface area contributed by atoms with E-state index in [1.807, 2.05) is 13.8 Å². The second kappa shape index (κ2) is 6.67. The van der Waals surface area contributed by atoms with Gasteiger partial charge >= 0.3 is 0 Å². The number of sulfonamides is 1. The Hall–Kier alpha value is -0.660. The van der Waals surface area contributed by atoms with Gasteiger partial charge in [0.1, 0.15) is 4.99 Å². The minimum Gasteiger partial charge on any atom is -0.389 e. The van der Waals surface area contributed by atoms with Gasteiger partial charge in [-0.25, -0.2) is 8.42 Å². The van der Waals surface area contributed by atoms with Crippen molar-refractivity contribution in [3.05, 3.63) is 28.2 Å². The van der Waals surface area contributed by atoms with Gasteiger partial charge in [-0.05, 0) is 30.5 Å². The van der Waals surface area contributed by atoms with Crippen molar-refractivity contribution < 1.29 is 8.42 Å². The zero-order valence-electron chi connectivity index (χ0n) is 10.8. The van der Waals surface area contributed by atoms with E-state index in [1.54, 1.807) is 18.2 Å². The molecule has 3 N–H and O–H groups in total. The molecule has 4 nitrogen and oxygen atoms in total. The topological polar surface area (TPSA) is 72.2 Å². The molecule has 0 unspecified atom stereocenters. The lowest BCUT2D eigenvalue weighted by atomic mass is 10.2. The van der Waals surface area contributed by atoms with Gasteiger partial charge in [0.25, 0.3) is 0 Å². The van der Waals surface area contributed by atoms with Crippen LogP contribution in [0.3, 0.4) is 0 Å². The highest BCUT2D eigenvalue weighted by Gasteiger charge is 2.15. The van der Waals surface area contributed by atoms with Gasteiger partial charge in [0.2, 0.25) is 10.0 Å². The molecule has 0 aliphatic heterocycles. The van der Waals surface area contributed by atoms with Crippen LogP contribution in [0.2, 0.25) is 0 Å². The van der Waals surface area contributed by atoms with Gasteiger partial charge in [-0.15, -0.1) is 0 Å². The Labute approximate surface area is 127 Å². The number of nitrogens with two attached hydrogens (primary N) is 1. The quantitative estimate of drug-likeness (QED) is 0.761. The molecule has 0 heterocycles. The molecule has 0 saturated heterocycles. The second-order valence-electron chi connectivity index (χ2n) is 4.66. The van der Waals surface area contributed by atoms with Crippen molar-refractivity contribution in [3.63, 3.8) is 0 Å². The van der Waals surface area contributed by atoms with Gasteiger partial charge in [0.05, 0.1) is 11.4 Å². The van der Waals surface area contributed by atoms with Crippen molar-refractivity contribution in [2.24, 2.45) is 11.7 Å². The van der Waals surface area contributed by atoms with Gasteiger partial charge in [-0.2, -0.15) is 0 Å². The second-order valence-corrected chi connectivity index (χ2v) is 7.85. The number of anilines is 1. The molecule has 0 saturated carbocycles. The van der Waals surface area contributed by atoms with E-state index in [0.29, 0.717) is 23.6 Å². The van der Waals surface area contributed by atoms with E-state index >= 15 is 0 Å². The van der Waals surface area contributed by atoms with Crippen LogP contribution >= 0.6 is 28.1 Å². The fourth-order valence-corrected chi connectivity index (χ4v) is 3.35. The van der Waals surface area contributed by atoms with Crippen LogP contribution in [0.4, 0.5) is 5.69 Å². The van der Waals surface area contributed by atoms with E-state index in [0.717, 1.165) is 4.47 Å². The average molecular weight is 365 g/mol. The Morgan fingerprint density at radius 3 is 2.63 bits per heavy atom. The van der Waals surface area contributed by atoms with Crippen LogP contribution in [0.1, 0.15) is 25.8 Å². The summed E-state index contributed by atoms with van der Waals surface area (Å²) in [6.07, 6.45) is 0.603. The third-order valence-corrected chi connectivity index (χ3v) is 4.49. The number of rotatable bonds is 6. The lowest BCUT2D eigenvalue weighted by molar-refractivity contribution is 0.578. The van der Waals surface area contributed by atoms with E-state index < -0.39 is 10.0 Å². The highest BCUT2D eigenvalue weighted by atomic mass is 79.9. The maximum atomic E-state index is 12.0. The lowest BCUT2D eigenvalue weighted by Crippen LogP contribution is -2.21. The van der Waals surface area contributed by atoms with Crippen LogP contribution in [0.25, 0.3) is 0 Å². The largest absolute Gasteiger partial charge is 0.389 e. The number of hydrogen-bond acceptors (Lipinski definition) is 3. The summed E-state index contributed by atoms with van der Waals surface area (Å²) in [5.74, 6) is 0.405. The minimum atomic E-state index is -3.39. The molecule has 19 heavy (non-hydrogen) atoms. The average Bonchev–Trinajstić information content (AvgIpc) is 2.25. The molecular weight excluding hydrogens is 348 g/mol. The number of benzene rings is 1. The summed E-state index contributed by atoms with van der Waals surface area (Å²) in [6.45, 7) is 3.96. The highest BCUT2D eigenvalue weighted by molar-refractivity contribution is 9.10. The summed E-state index contributed by atoms with van der Waals surface area (Å²) < 4.78 is 27.3. The highest BCUT2D eigenvalue weighted by Crippen LogP contribution is 2.23. The van der Waals surface area contributed by atoms with Gasteiger partial charge in [0.15, 0.2) is 0 Å². The summed E-state index contributed by atoms with van der Waals surface area (Å²) >= 11 is 8.21. The Balaban J connectivity index is 2.98. The molecule has 0 aliphatic carbocycles. The van der Waals surface area contributed by atoms with E-state index in [4.69, 9.17) is 18.0 Å². The first-order valence-corrected chi connectivity index (χ1v) is 8.66. The van der Waals surface area contributed by atoms with Crippen molar-refractivity contribution in [2.45, 2.75) is 20.3 Å². The Morgan fingerprint density at radius 2 is 2.11 bits per heavy atom. The molecule has 1 aromatic rings. The summed E-state index contributed by atoms with van der Waals surface area (Å²) in [6, 6.07) is 5.11. The van der Waals surface area contributed by atoms with Crippen LogP contribution < -0.4 is 10.5 Å². The van der Waals surface area contributed by atoms with Crippen molar-refractivity contribution in [3.8, 4) is 0 Å². The summed E-state index contributed by atoms with van der Waals surface area (Å²) in [4.78, 5) is 0.161. The predicted molar refractivity (Wildman–Crippen MR) is 86.9 cm³/mol. The van der Waals surface area contributed by atoms with E-state index in [9.17, 15) is 8.42 Å². The molecule has 0 aromatic heterocycles. The van der Waals surface area contributed by atoms with E-state index in [-0.39, 0.29) is 10.7 Å². The molecular formula is C12H17BrN2O2S2. The van der Waals surface area contributed by atoms with Crippen molar-refractivity contribution >= 4 is 48.8 Å². The molecule has 1 aromatic carbocycles. The summed E-state index contributed by atoms with van der Waals surface area (Å²) in [5.41, 5.74) is 6.51. The van der Waals surface area contributed by atoms with E-state index in [1.165, 1.54) is 0 Å². The Kier molecular flexibility index (Phi) is 5.76. The Bertz CT molecular complexity index is 571. The number of thiocarbonyl (C=S) groups is 1. The number of hydrogen-bond donors (Lipinski definition) is 2. The molecule has 0 atom stereocenters. The molecule has 0 spiro atoms. The van der Waals surface area contributed by atoms with Crippen LogP contribution in [0.5, 0.6) is 0 Å². The van der Waals surface area contributed by atoms with Crippen molar-refractivity contribution in [2.75, 3.05) is 10.5 Å². The van der Waals surface area contributed by atoms with Crippen molar-refractivity contribution in [1.82, 2.24) is 0 Å². The third kappa shape index (κ3) is 5.46. The summed E-state index contributed by atoms with van der Waals surface area (Å²) in [5, 5.41) is 0. The zero-order chi connectivity index (χ0) is 14.6. The van der Waals surface area contributed by atoms with Gasteiger partial charge in [-0.1, -0.05) is 42.0 Å². The zero-order valence-corrected chi connectivity index (χ0v) is 14.0. The number of nitrogens with one attached hydrogen (secondary N) is 1. The minimum absolute atomic E-state index is 0.0773. The first-order chi connectivity index (χ1) is 8.71. The molecule has 0 bridgehead atoms. The van der Waals surface area contributed by atoms with Gasteiger partial charge < -0.3 is 5.73 Å². The predicted octanol–water partition coefficient (Wildman–Crippen LogP) is 2.87. The van der Waals surface area contributed by atoms with Crippen molar-refractivity contribution in [1.29, 1.82) is 0 Å². The summed E-state index contributed by atoms with van der Waals surface area (Å²) in [7, 11) is -3.39. The first-order valence-electron chi connectivity index (χ1n) is 5.81. The molecule has 0 aliphatic rings. The monoisotopic (exact) mass is 364 g/mol. The molecule has 106 valence electrons. The fraction of sp³-hybridized carbons (Fsp3) is 0.417. The molecule has 1 rings (SSSR count). The smallest absolute Gasteiger partial charge is 0.232 e. The standard InChI is InChI=1S/C12H17BrN2O2S2/c1-8(2)5-6-19(16,17)15-11-7-9(13)3-4-10(11)12(14)18/h3-4,7-8,15H,5-6H2,1-2H3,(H2,14,18). The molecule has 0 fully saturated rings. The van der Waals surface area contributed by atoms with Crippen LogP contribution in [-0.2, 0) is 10.0 Å². The van der Waals surface area contributed by atoms with Crippen LogP contribution in [-0.4, -0.2) is 19.2 Å². The van der Waals surface area contributed by atoms with Gasteiger partial charge in [0, 0.05) is 10.0 Å². The van der Waals surface area contributed by atoms with Crippen LogP contribution in [0.15, 0.2) is 22.7 Å². The maximum absolute atomic E-state index is 12.0. The molecule has 0 amide bonds. The lowest BCUT2D eigenvalue weighted by Gasteiger charge is -2.13. The fourth-order valence-electron chi connectivity index (χ4n) is 1.43.